The first-order valence-electron chi connectivity index (χ1n) is 7.81. The number of ether oxygens (including phenoxy) is 2. The van der Waals surface area contributed by atoms with Crippen molar-refractivity contribution >= 4 is 23.2 Å². The van der Waals surface area contributed by atoms with Gasteiger partial charge in [-0.05, 0) is 30.3 Å². The lowest BCUT2D eigenvalue weighted by Crippen LogP contribution is -2.25. The molecule has 1 N–H and O–H groups in total. The lowest BCUT2D eigenvalue weighted by molar-refractivity contribution is -0.118. The Morgan fingerprint density at radius 1 is 1.23 bits per heavy atom. The van der Waals surface area contributed by atoms with Crippen LogP contribution in [0.5, 0.6) is 5.75 Å². The molecule has 1 amide bonds. The fraction of sp³-hybridized carbons (Fsp3) is 0.111. The van der Waals surface area contributed by atoms with E-state index in [1.807, 2.05) is 0 Å². The monoisotopic (exact) mass is 351 g/mol. The van der Waals surface area contributed by atoms with Crippen LogP contribution in [0, 0.1) is 0 Å². The fourth-order valence-corrected chi connectivity index (χ4v) is 2.60. The smallest absolute Gasteiger partial charge is 0.338 e. The largest absolute Gasteiger partial charge is 0.482 e. The minimum absolute atomic E-state index is 0.101. The number of pyridine rings is 1. The Balaban J connectivity index is 1.51. The number of hydrogen-bond donors (Lipinski definition) is 1. The summed E-state index contributed by atoms with van der Waals surface area (Å²) in [5.74, 6) is -0.425. The Morgan fingerprint density at radius 2 is 2.12 bits per heavy atom. The van der Waals surface area contributed by atoms with E-state index in [0.717, 1.165) is 0 Å². The molecule has 3 aromatic rings. The first-order valence-corrected chi connectivity index (χ1v) is 7.81. The molecule has 0 fully saturated rings. The number of fused-ring (bicyclic) bond motifs is 2. The van der Waals surface area contributed by atoms with E-state index < -0.39 is 5.97 Å². The van der Waals surface area contributed by atoms with Crippen LogP contribution >= 0.6 is 0 Å². The van der Waals surface area contributed by atoms with Crippen molar-refractivity contribution in [2.75, 3.05) is 11.9 Å². The maximum Gasteiger partial charge on any atom is 0.338 e. The summed E-state index contributed by atoms with van der Waals surface area (Å²) in [6.45, 7) is -0.232. The summed E-state index contributed by atoms with van der Waals surface area (Å²) in [5, 5.41) is 2.64. The van der Waals surface area contributed by atoms with Crippen LogP contribution < -0.4 is 15.6 Å². The zero-order chi connectivity index (χ0) is 18.1. The Morgan fingerprint density at radius 3 is 3.00 bits per heavy atom. The van der Waals surface area contributed by atoms with E-state index in [2.05, 4.69) is 10.3 Å². The van der Waals surface area contributed by atoms with Crippen molar-refractivity contribution in [3.05, 3.63) is 70.3 Å². The molecule has 8 nitrogen and oxygen atoms in total. The molecule has 2 aromatic heterocycles. The average molecular weight is 351 g/mol. The number of carbonyl (C=O) groups excluding carboxylic acids is 2. The standard InChI is InChI=1S/C18H13N3O5/c22-16-10-25-14-7-11(4-5-13(14)20-16)18(24)26-9-12-8-17(23)21-6-2-1-3-15(21)19-12/h1-8H,9-10H2,(H,20,22). The molecule has 0 atom stereocenters. The van der Waals surface area contributed by atoms with Gasteiger partial charge in [-0.15, -0.1) is 0 Å². The molecule has 0 radical (unpaired) electrons. The topological polar surface area (TPSA) is 99.0 Å². The molecule has 0 aliphatic carbocycles. The van der Waals surface area contributed by atoms with Crippen molar-refractivity contribution in [2.45, 2.75) is 6.61 Å². The molecule has 26 heavy (non-hydrogen) atoms. The molecule has 0 unspecified atom stereocenters. The summed E-state index contributed by atoms with van der Waals surface area (Å²) in [7, 11) is 0. The number of nitrogens with one attached hydrogen (secondary N) is 1. The lowest BCUT2D eigenvalue weighted by atomic mass is 10.1. The van der Waals surface area contributed by atoms with E-state index in [1.165, 1.54) is 22.6 Å². The van der Waals surface area contributed by atoms with Crippen LogP contribution in [0.3, 0.4) is 0 Å². The summed E-state index contributed by atoms with van der Waals surface area (Å²) < 4.78 is 11.9. The van der Waals surface area contributed by atoms with Gasteiger partial charge in [-0.2, -0.15) is 0 Å². The van der Waals surface area contributed by atoms with Crippen LogP contribution in [0.2, 0.25) is 0 Å². The normalized spacial score (nSPS) is 12.8. The molecular formula is C18H13N3O5. The first kappa shape index (κ1) is 15.8. The predicted octanol–water partition coefficient (Wildman–Crippen LogP) is 1.38. The summed E-state index contributed by atoms with van der Waals surface area (Å²) >= 11 is 0. The van der Waals surface area contributed by atoms with Crippen LogP contribution in [0.4, 0.5) is 5.69 Å². The van der Waals surface area contributed by atoms with E-state index in [4.69, 9.17) is 9.47 Å². The highest BCUT2D eigenvalue weighted by Crippen LogP contribution is 2.28. The maximum atomic E-state index is 12.2. The number of hydrogen-bond acceptors (Lipinski definition) is 6. The molecular weight excluding hydrogens is 338 g/mol. The molecule has 8 heteroatoms. The lowest BCUT2D eigenvalue weighted by Gasteiger charge is -2.18. The average Bonchev–Trinajstić information content (AvgIpc) is 2.65. The number of benzene rings is 1. The number of rotatable bonds is 3. The minimum atomic E-state index is -0.580. The zero-order valence-electron chi connectivity index (χ0n) is 13.5. The summed E-state index contributed by atoms with van der Waals surface area (Å²) in [4.78, 5) is 39.8. The summed E-state index contributed by atoms with van der Waals surface area (Å²) in [6.07, 6.45) is 1.62. The van der Waals surface area contributed by atoms with E-state index in [-0.39, 0.29) is 30.2 Å². The Bertz CT molecular complexity index is 1090. The van der Waals surface area contributed by atoms with Crippen molar-refractivity contribution in [1.29, 1.82) is 0 Å². The van der Waals surface area contributed by atoms with Crippen LogP contribution in [0.25, 0.3) is 5.65 Å². The van der Waals surface area contributed by atoms with E-state index in [9.17, 15) is 14.4 Å². The van der Waals surface area contributed by atoms with Gasteiger partial charge in [0.1, 0.15) is 18.0 Å². The molecule has 0 saturated carbocycles. The van der Waals surface area contributed by atoms with Gasteiger partial charge in [0.2, 0.25) is 0 Å². The third-order valence-corrected chi connectivity index (χ3v) is 3.83. The maximum absolute atomic E-state index is 12.2. The van der Waals surface area contributed by atoms with Crippen molar-refractivity contribution in [2.24, 2.45) is 0 Å². The number of nitrogens with zero attached hydrogens (tertiary/aromatic N) is 2. The molecule has 4 rings (SSSR count). The van der Waals surface area contributed by atoms with Crippen LogP contribution in [0.15, 0.2) is 53.5 Å². The third kappa shape index (κ3) is 3.00. The molecule has 1 aliphatic heterocycles. The van der Waals surface area contributed by atoms with Crippen molar-refractivity contribution in [1.82, 2.24) is 9.38 Å². The van der Waals surface area contributed by atoms with Gasteiger partial charge in [-0.1, -0.05) is 6.07 Å². The van der Waals surface area contributed by atoms with Gasteiger partial charge in [0.25, 0.3) is 11.5 Å². The van der Waals surface area contributed by atoms with Gasteiger partial charge in [-0.25, -0.2) is 9.78 Å². The molecule has 3 heterocycles. The SMILES string of the molecule is O=C1COc2cc(C(=O)OCc3cc(=O)n4ccccc4n3)ccc2N1. The van der Waals surface area contributed by atoms with Gasteiger partial charge < -0.3 is 14.8 Å². The van der Waals surface area contributed by atoms with Crippen LogP contribution in [0.1, 0.15) is 16.1 Å². The molecule has 1 aromatic carbocycles. The second-order valence-corrected chi connectivity index (χ2v) is 5.64. The predicted molar refractivity (Wildman–Crippen MR) is 91.1 cm³/mol. The number of esters is 1. The summed E-state index contributed by atoms with van der Waals surface area (Å²) in [5.41, 5.74) is 1.36. The third-order valence-electron chi connectivity index (χ3n) is 3.83. The number of carbonyl (C=O) groups is 2. The highest BCUT2D eigenvalue weighted by Gasteiger charge is 2.18. The summed E-state index contributed by atoms with van der Waals surface area (Å²) in [6, 6.07) is 11.1. The highest BCUT2D eigenvalue weighted by atomic mass is 16.5. The quantitative estimate of drug-likeness (QED) is 0.716. The second-order valence-electron chi connectivity index (χ2n) is 5.64. The highest BCUT2D eigenvalue weighted by molar-refractivity contribution is 5.97. The molecule has 0 spiro atoms. The molecule has 1 aliphatic rings. The second kappa shape index (κ2) is 6.32. The van der Waals surface area contributed by atoms with Gasteiger partial charge in [0.05, 0.1) is 16.9 Å². The first-order chi connectivity index (χ1) is 12.6. The van der Waals surface area contributed by atoms with Crippen molar-refractivity contribution in [3.8, 4) is 5.75 Å². The van der Waals surface area contributed by atoms with Crippen LogP contribution in [-0.4, -0.2) is 27.9 Å². The van der Waals surface area contributed by atoms with Crippen molar-refractivity contribution in [3.63, 3.8) is 0 Å². The Hall–Kier alpha value is -3.68. The fourth-order valence-electron chi connectivity index (χ4n) is 2.60. The van der Waals surface area contributed by atoms with Gasteiger partial charge in [0, 0.05) is 12.3 Å². The van der Waals surface area contributed by atoms with Crippen molar-refractivity contribution < 1.29 is 19.1 Å². The number of amides is 1. The van der Waals surface area contributed by atoms with E-state index >= 15 is 0 Å². The van der Waals surface area contributed by atoms with Gasteiger partial charge >= 0.3 is 5.97 Å². The molecule has 130 valence electrons. The Kier molecular flexibility index (Phi) is 3.85. The van der Waals surface area contributed by atoms with Gasteiger partial charge in [-0.3, -0.25) is 14.0 Å². The zero-order valence-corrected chi connectivity index (χ0v) is 13.5. The minimum Gasteiger partial charge on any atom is -0.482 e. The van der Waals surface area contributed by atoms with Crippen LogP contribution in [-0.2, 0) is 16.1 Å². The number of anilines is 1. The van der Waals surface area contributed by atoms with E-state index in [0.29, 0.717) is 22.8 Å². The molecule has 0 saturated heterocycles. The van der Waals surface area contributed by atoms with E-state index in [1.54, 1.807) is 30.5 Å². The Labute approximate surface area is 147 Å². The molecule has 0 bridgehead atoms. The van der Waals surface area contributed by atoms with Gasteiger partial charge in [0.15, 0.2) is 6.61 Å². The number of aromatic nitrogens is 2.